The van der Waals surface area contributed by atoms with E-state index in [-0.39, 0.29) is 12.5 Å². The number of amides is 1. The van der Waals surface area contributed by atoms with Crippen LogP contribution in [-0.4, -0.2) is 29.8 Å². The highest BCUT2D eigenvalue weighted by atomic mass is 32.2. The first-order valence-electron chi connectivity index (χ1n) is 6.33. The van der Waals surface area contributed by atoms with E-state index in [4.69, 9.17) is 4.74 Å². The van der Waals surface area contributed by atoms with Crippen LogP contribution in [0.5, 0.6) is 5.75 Å². The van der Waals surface area contributed by atoms with Crippen molar-refractivity contribution in [3.05, 3.63) is 54.7 Å². The van der Waals surface area contributed by atoms with Crippen molar-refractivity contribution in [2.75, 3.05) is 18.9 Å². The van der Waals surface area contributed by atoms with Crippen molar-refractivity contribution < 1.29 is 9.53 Å². The Morgan fingerprint density at radius 3 is 2.70 bits per heavy atom. The van der Waals surface area contributed by atoms with Crippen LogP contribution in [0.2, 0.25) is 0 Å². The minimum Gasteiger partial charge on any atom is -0.484 e. The number of aromatic nitrogens is 1. The summed E-state index contributed by atoms with van der Waals surface area (Å²) in [5, 5.41) is 3.77. The standard InChI is InChI=1S/C15H16N2O2S/c18-14(12-19-13-6-2-1-3-7-13)16-10-11-20-15-8-4-5-9-17-15/h1-9H,10-12H2,(H,16,18). The SMILES string of the molecule is O=C(COc1ccccc1)NCCSc1ccccn1. The first kappa shape index (κ1) is 14.4. The third kappa shape index (κ3) is 5.32. The maximum absolute atomic E-state index is 11.6. The number of pyridine rings is 1. The monoisotopic (exact) mass is 288 g/mol. The summed E-state index contributed by atoms with van der Waals surface area (Å²) in [6.45, 7) is 0.635. The van der Waals surface area contributed by atoms with E-state index >= 15 is 0 Å². The molecule has 0 fully saturated rings. The number of thioether (sulfide) groups is 1. The summed E-state index contributed by atoms with van der Waals surface area (Å²) < 4.78 is 5.35. The van der Waals surface area contributed by atoms with Crippen molar-refractivity contribution in [2.45, 2.75) is 5.03 Å². The van der Waals surface area contributed by atoms with Gasteiger partial charge in [0.15, 0.2) is 6.61 Å². The number of hydrogen-bond acceptors (Lipinski definition) is 4. The Labute approximate surface area is 122 Å². The topological polar surface area (TPSA) is 51.2 Å². The zero-order valence-electron chi connectivity index (χ0n) is 11.0. The highest BCUT2D eigenvalue weighted by Crippen LogP contribution is 2.12. The van der Waals surface area contributed by atoms with Crippen LogP contribution in [0.15, 0.2) is 59.8 Å². The second-order valence-corrected chi connectivity index (χ2v) is 5.08. The van der Waals surface area contributed by atoms with Crippen LogP contribution in [-0.2, 0) is 4.79 Å². The Morgan fingerprint density at radius 1 is 1.15 bits per heavy atom. The van der Waals surface area contributed by atoms with Crippen molar-refractivity contribution in [3.8, 4) is 5.75 Å². The minimum atomic E-state index is -0.115. The van der Waals surface area contributed by atoms with Crippen molar-refractivity contribution in [2.24, 2.45) is 0 Å². The number of ether oxygens (including phenoxy) is 1. The molecule has 0 atom stereocenters. The zero-order valence-corrected chi connectivity index (χ0v) is 11.8. The van der Waals surface area contributed by atoms with Gasteiger partial charge < -0.3 is 10.1 Å². The second kappa shape index (κ2) is 8.22. The van der Waals surface area contributed by atoms with Crippen molar-refractivity contribution in [1.82, 2.24) is 10.3 Å². The van der Waals surface area contributed by atoms with Gasteiger partial charge in [-0.05, 0) is 24.3 Å². The van der Waals surface area contributed by atoms with Crippen molar-refractivity contribution >= 4 is 17.7 Å². The molecular weight excluding hydrogens is 272 g/mol. The number of carbonyl (C=O) groups excluding carboxylic acids is 1. The highest BCUT2D eigenvalue weighted by molar-refractivity contribution is 7.99. The molecule has 4 nitrogen and oxygen atoms in total. The smallest absolute Gasteiger partial charge is 0.257 e. The molecule has 0 aliphatic rings. The van der Waals surface area contributed by atoms with Gasteiger partial charge in [-0.2, -0.15) is 0 Å². The average molecular weight is 288 g/mol. The minimum absolute atomic E-state index is 0.0399. The molecule has 1 amide bonds. The molecule has 0 aliphatic carbocycles. The van der Waals surface area contributed by atoms with Crippen LogP contribution in [0.4, 0.5) is 0 Å². The van der Waals surface area contributed by atoms with Gasteiger partial charge in [0.1, 0.15) is 5.75 Å². The Bertz CT molecular complexity index is 520. The van der Waals surface area contributed by atoms with Crippen LogP contribution in [0, 0.1) is 0 Å². The van der Waals surface area contributed by atoms with Gasteiger partial charge in [-0.3, -0.25) is 4.79 Å². The van der Waals surface area contributed by atoms with Gasteiger partial charge in [-0.25, -0.2) is 4.98 Å². The lowest BCUT2D eigenvalue weighted by Crippen LogP contribution is -2.30. The summed E-state index contributed by atoms with van der Waals surface area (Å²) >= 11 is 1.61. The molecule has 1 aromatic heterocycles. The van der Waals surface area contributed by atoms with Gasteiger partial charge >= 0.3 is 0 Å². The highest BCUT2D eigenvalue weighted by Gasteiger charge is 2.02. The number of para-hydroxylation sites is 1. The lowest BCUT2D eigenvalue weighted by molar-refractivity contribution is -0.122. The first-order chi connectivity index (χ1) is 9.84. The van der Waals surface area contributed by atoms with Crippen LogP contribution in [0.1, 0.15) is 0 Å². The summed E-state index contributed by atoms with van der Waals surface area (Å²) in [5.41, 5.74) is 0. The normalized spacial score (nSPS) is 10.0. The molecule has 1 heterocycles. The molecule has 0 unspecified atom stereocenters. The molecule has 0 aliphatic heterocycles. The summed E-state index contributed by atoms with van der Waals surface area (Å²) in [7, 11) is 0. The number of benzene rings is 1. The van der Waals surface area contributed by atoms with E-state index in [9.17, 15) is 4.79 Å². The third-order valence-corrected chi connectivity index (χ3v) is 3.37. The Balaban J connectivity index is 1.59. The van der Waals surface area contributed by atoms with Gasteiger partial charge in [0.25, 0.3) is 5.91 Å². The molecular formula is C15H16N2O2S. The molecule has 0 spiro atoms. The third-order valence-electron chi connectivity index (χ3n) is 2.43. The van der Waals surface area contributed by atoms with Gasteiger partial charge in [-0.15, -0.1) is 11.8 Å². The first-order valence-corrected chi connectivity index (χ1v) is 7.31. The summed E-state index contributed by atoms with van der Waals surface area (Å²) in [6, 6.07) is 15.1. The van der Waals surface area contributed by atoms with E-state index in [1.807, 2.05) is 48.5 Å². The fourth-order valence-corrected chi connectivity index (χ4v) is 2.22. The quantitative estimate of drug-likeness (QED) is 0.628. The second-order valence-electron chi connectivity index (χ2n) is 3.97. The number of hydrogen-bond donors (Lipinski definition) is 1. The Hall–Kier alpha value is -2.01. The summed E-state index contributed by atoms with van der Waals surface area (Å²) in [6.07, 6.45) is 1.76. The molecule has 0 saturated heterocycles. The van der Waals surface area contributed by atoms with E-state index in [0.29, 0.717) is 12.3 Å². The van der Waals surface area contributed by atoms with E-state index < -0.39 is 0 Å². The summed E-state index contributed by atoms with van der Waals surface area (Å²) in [4.78, 5) is 15.8. The van der Waals surface area contributed by atoms with Gasteiger partial charge in [0, 0.05) is 18.5 Å². The lowest BCUT2D eigenvalue weighted by Gasteiger charge is -2.07. The van der Waals surface area contributed by atoms with Crippen LogP contribution in [0.25, 0.3) is 0 Å². The number of nitrogens with one attached hydrogen (secondary N) is 1. The number of nitrogens with zero attached hydrogens (tertiary/aromatic N) is 1. The fourth-order valence-electron chi connectivity index (χ4n) is 1.50. The lowest BCUT2D eigenvalue weighted by atomic mass is 10.3. The fraction of sp³-hybridized carbons (Fsp3) is 0.200. The molecule has 2 rings (SSSR count). The van der Waals surface area contributed by atoms with Gasteiger partial charge in [-0.1, -0.05) is 24.3 Å². The predicted octanol–water partition coefficient (Wildman–Crippen LogP) is 2.37. The van der Waals surface area contributed by atoms with E-state index in [1.165, 1.54) is 0 Å². The van der Waals surface area contributed by atoms with Gasteiger partial charge in [0.2, 0.25) is 0 Å². The number of carbonyl (C=O) groups is 1. The largest absolute Gasteiger partial charge is 0.484 e. The molecule has 0 saturated carbocycles. The van der Waals surface area contributed by atoms with Crippen LogP contribution >= 0.6 is 11.8 Å². The molecule has 1 aromatic carbocycles. The molecule has 104 valence electrons. The predicted molar refractivity (Wildman–Crippen MR) is 79.9 cm³/mol. The number of rotatable bonds is 7. The van der Waals surface area contributed by atoms with E-state index in [2.05, 4.69) is 10.3 Å². The average Bonchev–Trinajstić information content (AvgIpc) is 2.52. The van der Waals surface area contributed by atoms with E-state index in [1.54, 1.807) is 18.0 Å². The van der Waals surface area contributed by atoms with Gasteiger partial charge in [0.05, 0.1) is 5.03 Å². The van der Waals surface area contributed by atoms with E-state index in [0.717, 1.165) is 10.8 Å². The summed E-state index contributed by atoms with van der Waals surface area (Å²) in [5.74, 6) is 1.37. The Kier molecular flexibility index (Phi) is 5.92. The maximum atomic E-state index is 11.6. The van der Waals surface area contributed by atoms with Crippen molar-refractivity contribution in [1.29, 1.82) is 0 Å². The molecule has 20 heavy (non-hydrogen) atoms. The molecule has 0 radical (unpaired) electrons. The Morgan fingerprint density at radius 2 is 1.95 bits per heavy atom. The molecule has 1 N–H and O–H groups in total. The van der Waals surface area contributed by atoms with Crippen LogP contribution in [0.3, 0.4) is 0 Å². The molecule has 2 aromatic rings. The zero-order chi connectivity index (χ0) is 14.0. The maximum Gasteiger partial charge on any atom is 0.257 e. The molecule has 5 heteroatoms. The molecule has 0 bridgehead atoms. The van der Waals surface area contributed by atoms with Crippen molar-refractivity contribution in [3.63, 3.8) is 0 Å². The van der Waals surface area contributed by atoms with Crippen LogP contribution < -0.4 is 10.1 Å².